The molecule has 0 aliphatic carbocycles. The van der Waals surface area contributed by atoms with Crippen molar-refractivity contribution in [1.29, 1.82) is 5.26 Å². The molecule has 0 aromatic heterocycles. The molecule has 4 rings (SSSR count). The molecule has 0 atom stereocenters. The van der Waals surface area contributed by atoms with Crippen LogP contribution in [0.5, 0.6) is 5.75 Å². The summed E-state index contributed by atoms with van der Waals surface area (Å²) in [7, 11) is 0. The molecular formula is C26H15Cl4NO. The van der Waals surface area contributed by atoms with Gasteiger partial charge in [-0.2, -0.15) is 5.26 Å². The summed E-state index contributed by atoms with van der Waals surface area (Å²) in [5.41, 5.74) is 2.58. The van der Waals surface area contributed by atoms with Crippen LogP contribution in [0.25, 0.3) is 22.4 Å². The van der Waals surface area contributed by atoms with E-state index in [0.29, 0.717) is 37.0 Å². The molecule has 0 N–H and O–H groups in total. The molecule has 32 heavy (non-hydrogen) atoms. The van der Waals surface area contributed by atoms with Crippen LogP contribution in [0.3, 0.4) is 0 Å². The molecule has 0 spiro atoms. The molecule has 0 saturated carbocycles. The van der Waals surface area contributed by atoms with Crippen LogP contribution in [-0.2, 0) is 6.61 Å². The zero-order valence-electron chi connectivity index (χ0n) is 16.6. The van der Waals surface area contributed by atoms with Crippen molar-refractivity contribution in [2.24, 2.45) is 0 Å². The number of hydrogen-bond donors (Lipinski definition) is 0. The van der Waals surface area contributed by atoms with Gasteiger partial charge in [0.15, 0.2) is 0 Å². The molecule has 6 heteroatoms. The Morgan fingerprint density at radius 2 is 1.56 bits per heavy atom. The molecular weight excluding hydrogens is 484 g/mol. The molecule has 4 aromatic carbocycles. The third-order valence-electron chi connectivity index (χ3n) is 4.96. The molecule has 0 amide bonds. The number of rotatable bonds is 5. The van der Waals surface area contributed by atoms with Gasteiger partial charge in [0.05, 0.1) is 16.7 Å². The molecule has 2 nitrogen and oxygen atoms in total. The minimum atomic E-state index is 0.249. The molecule has 0 aliphatic rings. The topological polar surface area (TPSA) is 33.0 Å². The van der Waals surface area contributed by atoms with Gasteiger partial charge < -0.3 is 4.74 Å². The average Bonchev–Trinajstić information content (AvgIpc) is 2.78. The maximum absolute atomic E-state index is 9.89. The number of nitriles is 1. The van der Waals surface area contributed by atoms with E-state index in [1.807, 2.05) is 42.5 Å². The predicted octanol–water partition coefficient (Wildman–Crippen LogP) is 9.10. The standard InChI is InChI=1S/C26H15Cl4NO/c27-19-7-5-17(24(29)12-19)15-32-26-10-6-16-3-1-2-4-21(16)23(26)11-18(14-31)22-9-8-20(28)13-25(22)30/h1-13H,15H2/b18-11+. The van der Waals surface area contributed by atoms with Gasteiger partial charge in [-0.15, -0.1) is 0 Å². The van der Waals surface area contributed by atoms with Crippen LogP contribution >= 0.6 is 46.4 Å². The van der Waals surface area contributed by atoms with E-state index in [-0.39, 0.29) is 6.61 Å². The minimum Gasteiger partial charge on any atom is -0.488 e. The number of allylic oxidation sites excluding steroid dienone is 1. The van der Waals surface area contributed by atoms with Gasteiger partial charge in [0.2, 0.25) is 0 Å². The van der Waals surface area contributed by atoms with E-state index >= 15 is 0 Å². The van der Waals surface area contributed by atoms with Crippen molar-refractivity contribution in [2.45, 2.75) is 6.61 Å². The van der Waals surface area contributed by atoms with Gasteiger partial charge in [-0.25, -0.2) is 0 Å². The normalized spacial score (nSPS) is 11.4. The van der Waals surface area contributed by atoms with E-state index in [4.69, 9.17) is 51.1 Å². The first-order valence-corrected chi connectivity index (χ1v) is 11.1. The second-order valence-corrected chi connectivity index (χ2v) is 8.70. The van der Waals surface area contributed by atoms with E-state index in [2.05, 4.69) is 6.07 Å². The highest BCUT2D eigenvalue weighted by Crippen LogP contribution is 2.35. The Kier molecular flexibility index (Phi) is 6.94. The van der Waals surface area contributed by atoms with Crippen molar-refractivity contribution in [3.63, 3.8) is 0 Å². The van der Waals surface area contributed by atoms with Crippen molar-refractivity contribution < 1.29 is 4.74 Å². The maximum atomic E-state index is 9.89. The van der Waals surface area contributed by atoms with Crippen LogP contribution < -0.4 is 4.74 Å². The number of nitrogens with zero attached hydrogens (tertiary/aromatic N) is 1. The van der Waals surface area contributed by atoms with Gasteiger partial charge in [-0.1, -0.05) is 88.9 Å². The summed E-state index contributed by atoms with van der Waals surface area (Å²) in [5, 5.41) is 13.9. The largest absolute Gasteiger partial charge is 0.488 e. The number of halogens is 4. The third-order valence-corrected chi connectivity index (χ3v) is 6.09. The molecule has 0 saturated heterocycles. The highest BCUT2D eigenvalue weighted by molar-refractivity contribution is 6.36. The number of fused-ring (bicyclic) bond motifs is 1. The Morgan fingerprint density at radius 3 is 2.28 bits per heavy atom. The van der Waals surface area contributed by atoms with Crippen LogP contribution in [-0.4, -0.2) is 0 Å². The molecule has 0 unspecified atom stereocenters. The first-order valence-electron chi connectivity index (χ1n) is 9.62. The summed E-state index contributed by atoms with van der Waals surface area (Å²) >= 11 is 24.7. The monoisotopic (exact) mass is 497 g/mol. The lowest BCUT2D eigenvalue weighted by Crippen LogP contribution is -1.99. The van der Waals surface area contributed by atoms with Crippen molar-refractivity contribution in [3.05, 3.63) is 110 Å². The second kappa shape index (κ2) is 9.86. The van der Waals surface area contributed by atoms with Crippen LogP contribution in [0, 0.1) is 11.3 Å². The van der Waals surface area contributed by atoms with Crippen molar-refractivity contribution in [1.82, 2.24) is 0 Å². The van der Waals surface area contributed by atoms with Crippen LogP contribution in [0.4, 0.5) is 0 Å². The first kappa shape index (κ1) is 22.5. The Hall–Kier alpha value is -2.67. The average molecular weight is 499 g/mol. The second-order valence-electron chi connectivity index (χ2n) is 7.02. The Labute approximate surface area is 206 Å². The molecule has 158 valence electrons. The zero-order valence-corrected chi connectivity index (χ0v) is 19.6. The fraction of sp³-hybridized carbons (Fsp3) is 0.0385. The molecule has 0 heterocycles. The highest BCUT2D eigenvalue weighted by Gasteiger charge is 2.13. The fourth-order valence-electron chi connectivity index (χ4n) is 3.37. The minimum absolute atomic E-state index is 0.249. The molecule has 4 aromatic rings. The molecule has 0 aliphatic heterocycles. The summed E-state index contributed by atoms with van der Waals surface area (Å²) < 4.78 is 6.15. The van der Waals surface area contributed by atoms with Crippen molar-refractivity contribution in [3.8, 4) is 11.8 Å². The summed E-state index contributed by atoms with van der Waals surface area (Å²) in [5.74, 6) is 0.618. The Balaban J connectivity index is 1.81. The summed E-state index contributed by atoms with van der Waals surface area (Å²) in [6, 6.07) is 24.4. The maximum Gasteiger partial charge on any atom is 0.127 e. The fourth-order valence-corrected chi connectivity index (χ4v) is 4.34. The number of benzene rings is 4. The van der Waals surface area contributed by atoms with E-state index in [1.165, 1.54) is 0 Å². The smallest absolute Gasteiger partial charge is 0.127 e. The summed E-state index contributed by atoms with van der Waals surface area (Å²) in [6.07, 6.45) is 1.79. The predicted molar refractivity (Wildman–Crippen MR) is 135 cm³/mol. The molecule has 0 bridgehead atoms. The SMILES string of the molecule is N#C/C(=C\c1c(OCc2ccc(Cl)cc2Cl)ccc2ccccc12)c1ccc(Cl)cc1Cl. The Morgan fingerprint density at radius 1 is 0.844 bits per heavy atom. The molecule has 0 fully saturated rings. The third kappa shape index (κ3) is 4.88. The first-order chi connectivity index (χ1) is 15.5. The van der Waals surface area contributed by atoms with Crippen LogP contribution in [0.1, 0.15) is 16.7 Å². The van der Waals surface area contributed by atoms with Crippen LogP contribution in [0.15, 0.2) is 72.8 Å². The van der Waals surface area contributed by atoms with Gasteiger partial charge in [0.1, 0.15) is 12.4 Å². The lowest BCUT2D eigenvalue weighted by molar-refractivity contribution is 0.306. The Bertz CT molecular complexity index is 1390. The summed E-state index contributed by atoms with van der Waals surface area (Å²) in [6.45, 7) is 0.249. The van der Waals surface area contributed by atoms with Gasteiger partial charge in [-0.3, -0.25) is 0 Å². The van der Waals surface area contributed by atoms with Gasteiger partial charge >= 0.3 is 0 Å². The summed E-state index contributed by atoms with van der Waals surface area (Å²) in [4.78, 5) is 0. The van der Waals surface area contributed by atoms with Gasteiger partial charge in [0, 0.05) is 31.8 Å². The van der Waals surface area contributed by atoms with E-state index < -0.39 is 0 Å². The van der Waals surface area contributed by atoms with E-state index in [9.17, 15) is 5.26 Å². The highest BCUT2D eigenvalue weighted by atomic mass is 35.5. The van der Waals surface area contributed by atoms with E-state index in [1.54, 1.807) is 36.4 Å². The van der Waals surface area contributed by atoms with Crippen molar-refractivity contribution >= 4 is 68.8 Å². The van der Waals surface area contributed by atoms with E-state index in [0.717, 1.165) is 21.9 Å². The number of hydrogen-bond acceptors (Lipinski definition) is 2. The number of ether oxygens (including phenoxy) is 1. The zero-order chi connectivity index (χ0) is 22.7. The van der Waals surface area contributed by atoms with Gasteiger partial charge in [0.25, 0.3) is 0 Å². The lowest BCUT2D eigenvalue weighted by Gasteiger charge is -2.14. The quantitative estimate of drug-likeness (QED) is 0.203. The van der Waals surface area contributed by atoms with Crippen molar-refractivity contribution in [2.75, 3.05) is 0 Å². The molecule has 0 radical (unpaired) electrons. The van der Waals surface area contributed by atoms with Crippen LogP contribution in [0.2, 0.25) is 20.1 Å². The lowest BCUT2D eigenvalue weighted by atomic mass is 9.98. The van der Waals surface area contributed by atoms with Gasteiger partial charge in [-0.05, 0) is 47.2 Å².